The Morgan fingerprint density at radius 2 is 2.25 bits per heavy atom. The molecular weight excluding hydrogens is 172 g/mol. The number of carbonyl (C=O) groups excluding carboxylic acids is 1. The summed E-state index contributed by atoms with van der Waals surface area (Å²) in [5.74, 6) is 0.900. The van der Waals surface area contributed by atoms with Crippen LogP contribution in [0.3, 0.4) is 0 Å². The lowest BCUT2D eigenvalue weighted by Gasteiger charge is -2.19. The van der Waals surface area contributed by atoms with E-state index in [1.807, 2.05) is 4.90 Å². The van der Waals surface area contributed by atoms with Crippen molar-refractivity contribution in [2.45, 2.75) is 12.8 Å². The fraction of sp³-hybridized carbons (Fsp3) is 0.875. The number of nitrogens with one attached hydrogen (secondary N) is 1. The van der Waals surface area contributed by atoms with Crippen LogP contribution in [-0.2, 0) is 4.79 Å². The summed E-state index contributed by atoms with van der Waals surface area (Å²) in [6.45, 7) is 3.72. The molecule has 0 bridgehead atoms. The van der Waals surface area contributed by atoms with Gasteiger partial charge in [0.1, 0.15) is 0 Å². The Hall–Kier alpha value is -0.220. The summed E-state index contributed by atoms with van der Waals surface area (Å²) in [4.78, 5) is 13.3. The van der Waals surface area contributed by atoms with Crippen molar-refractivity contribution >= 4 is 18.5 Å². The van der Waals surface area contributed by atoms with Gasteiger partial charge in [0, 0.05) is 26.1 Å². The molecule has 1 heterocycles. The van der Waals surface area contributed by atoms with Crippen molar-refractivity contribution in [3.63, 3.8) is 0 Å². The molecule has 1 fully saturated rings. The minimum atomic E-state index is 0.244. The van der Waals surface area contributed by atoms with Gasteiger partial charge in [-0.3, -0.25) is 4.79 Å². The smallest absolute Gasteiger partial charge is 0.223 e. The third-order valence-corrected chi connectivity index (χ3v) is 2.24. The molecule has 0 aliphatic carbocycles. The monoisotopic (exact) mass is 188 g/mol. The molecule has 3 nitrogen and oxygen atoms in total. The van der Waals surface area contributed by atoms with Gasteiger partial charge < -0.3 is 10.2 Å². The van der Waals surface area contributed by atoms with E-state index < -0.39 is 0 Å². The minimum absolute atomic E-state index is 0.244. The minimum Gasteiger partial charge on any atom is -0.341 e. The van der Waals surface area contributed by atoms with Crippen LogP contribution < -0.4 is 5.32 Å². The summed E-state index contributed by atoms with van der Waals surface area (Å²) >= 11 is 4.04. The molecule has 0 saturated carbocycles. The van der Waals surface area contributed by atoms with Crippen molar-refractivity contribution in [2.24, 2.45) is 0 Å². The first-order chi connectivity index (χ1) is 5.84. The molecule has 1 saturated heterocycles. The predicted molar refractivity (Wildman–Crippen MR) is 52.5 cm³/mol. The summed E-state index contributed by atoms with van der Waals surface area (Å²) in [6.07, 6.45) is 1.64. The van der Waals surface area contributed by atoms with Crippen LogP contribution in [0.15, 0.2) is 0 Å². The standard InChI is InChI=1S/C8H16N2OS/c11-8(2-7-12)10-5-1-3-9-4-6-10/h9,12H,1-7H2. The molecule has 0 atom stereocenters. The Morgan fingerprint density at radius 1 is 1.42 bits per heavy atom. The van der Waals surface area contributed by atoms with E-state index in [1.165, 1.54) is 0 Å². The third-order valence-electron chi connectivity index (χ3n) is 2.02. The number of amides is 1. The van der Waals surface area contributed by atoms with Gasteiger partial charge in [-0.25, -0.2) is 0 Å². The average molecular weight is 188 g/mol. The van der Waals surface area contributed by atoms with Crippen LogP contribution in [0.4, 0.5) is 0 Å². The highest BCUT2D eigenvalue weighted by atomic mass is 32.1. The van der Waals surface area contributed by atoms with E-state index in [4.69, 9.17) is 0 Å². The Balaban J connectivity index is 2.32. The Kier molecular flexibility index (Phi) is 4.46. The molecule has 0 spiro atoms. The molecule has 0 unspecified atom stereocenters. The van der Waals surface area contributed by atoms with Gasteiger partial charge in [-0.05, 0) is 18.7 Å². The first kappa shape index (κ1) is 9.86. The van der Waals surface area contributed by atoms with E-state index in [9.17, 15) is 4.79 Å². The highest BCUT2D eigenvalue weighted by Crippen LogP contribution is 1.99. The zero-order chi connectivity index (χ0) is 8.81. The molecule has 1 rings (SSSR count). The SMILES string of the molecule is O=C(CCS)N1CCCNCC1. The van der Waals surface area contributed by atoms with Crippen LogP contribution >= 0.6 is 12.6 Å². The lowest BCUT2D eigenvalue weighted by atomic mass is 10.3. The molecule has 4 heteroatoms. The van der Waals surface area contributed by atoms with E-state index in [0.29, 0.717) is 12.2 Å². The summed E-state index contributed by atoms with van der Waals surface area (Å²) in [5.41, 5.74) is 0. The molecule has 0 aromatic rings. The van der Waals surface area contributed by atoms with Crippen LogP contribution in [-0.4, -0.2) is 42.7 Å². The van der Waals surface area contributed by atoms with E-state index in [-0.39, 0.29) is 5.91 Å². The van der Waals surface area contributed by atoms with Crippen LogP contribution in [0.1, 0.15) is 12.8 Å². The Morgan fingerprint density at radius 3 is 3.00 bits per heavy atom. The Labute approximate surface area is 78.9 Å². The van der Waals surface area contributed by atoms with Gasteiger partial charge in [0.2, 0.25) is 5.91 Å². The number of thiol groups is 1. The van der Waals surface area contributed by atoms with Crippen molar-refractivity contribution in [2.75, 3.05) is 31.9 Å². The fourth-order valence-corrected chi connectivity index (χ4v) is 1.54. The van der Waals surface area contributed by atoms with Gasteiger partial charge in [0.15, 0.2) is 0 Å². The van der Waals surface area contributed by atoms with Crippen molar-refractivity contribution in [1.29, 1.82) is 0 Å². The fourth-order valence-electron chi connectivity index (χ4n) is 1.35. The number of hydrogen-bond donors (Lipinski definition) is 2. The molecule has 70 valence electrons. The van der Waals surface area contributed by atoms with Gasteiger partial charge >= 0.3 is 0 Å². The van der Waals surface area contributed by atoms with Gasteiger partial charge in [-0.2, -0.15) is 12.6 Å². The van der Waals surface area contributed by atoms with E-state index in [1.54, 1.807) is 0 Å². The van der Waals surface area contributed by atoms with Crippen LogP contribution in [0.5, 0.6) is 0 Å². The zero-order valence-corrected chi connectivity index (χ0v) is 8.15. The molecular formula is C8H16N2OS. The molecule has 1 aliphatic heterocycles. The summed E-state index contributed by atoms with van der Waals surface area (Å²) in [5, 5.41) is 3.26. The topological polar surface area (TPSA) is 32.3 Å². The van der Waals surface area contributed by atoms with Crippen LogP contribution in [0.25, 0.3) is 0 Å². The maximum atomic E-state index is 11.4. The molecule has 1 aliphatic rings. The van der Waals surface area contributed by atoms with Crippen molar-refractivity contribution in [1.82, 2.24) is 10.2 Å². The molecule has 1 amide bonds. The number of nitrogens with zero attached hydrogens (tertiary/aromatic N) is 1. The van der Waals surface area contributed by atoms with Gasteiger partial charge in [-0.15, -0.1) is 0 Å². The first-order valence-corrected chi connectivity index (χ1v) is 5.07. The second-order valence-electron chi connectivity index (χ2n) is 2.96. The highest BCUT2D eigenvalue weighted by Gasteiger charge is 2.13. The molecule has 12 heavy (non-hydrogen) atoms. The zero-order valence-electron chi connectivity index (χ0n) is 7.25. The maximum Gasteiger partial charge on any atom is 0.223 e. The van der Waals surface area contributed by atoms with Gasteiger partial charge in [0.05, 0.1) is 0 Å². The van der Waals surface area contributed by atoms with Crippen LogP contribution in [0.2, 0.25) is 0 Å². The van der Waals surface area contributed by atoms with E-state index in [0.717, 1.165) is 32.6 Å². The second kappa shape index (κ2) is 5.43. The summed E-state index contributed by atoms with van der Waals surface area (Å²) in [7, 11) is 0. The maximum absolute atomic E-state index is 11.4. The molecule has 0 radical (unpaired) electrons. The van der Waals surface area contributed by atoms with E-state index >= 15 is 0 Å². The van der Waals surface area contributed by atoms with Crippen LogP contribution in [0, 0.1) is 0 Å². The van der Waals surface area contributed by atoms with Crippen molar-refractivity contribution < 1.29 is 4.79 Å². The number of rotatable bonds is 2. The average Bonchev–Trinajstić information content (AvgIpc) is 2.32. The first-order valence-electron chi connectivity index (χ1n) is 4.44. The van der Waals surface area contributed by atoms with Crippen molar-refractivity contribution in [3.8, 4) is 0 Å². The summed E-state index contributed by atoms with van der Waals surface area (Å²) in [6, 6.07) is 0. The van der Waals surface area contributed by atoms with Gasteiger partial charge in [-0.1, -0.05) is 0 Å². The third kappa shape index (κ3) is 3.03. The van der Waals surface area contributed by atoms with Crippen molar-refractivity contribution in [3.05, 3.63) is 0 Å². The quantitative estimate of drug-likeness (QED) is 0.604. The summed E-state index contributed by atoms with van der Waals surface area (Å²) < 4.78 is 0. The normalized spacial score (nSPS) is 18.9. The molecule has 0 aromatic carbocycles. The van der Waals surface area contributed by atoms with E-state index in [2.05, 4.69) is 17.9 Å². The lowest BCUT2D eigenvalue weighted by Crippen LogP contribution is -2.34. The lowest BCUT2D eigenvalue weighted by molar-refractivity contribution is -0.130. The molecule has 1 N–H and O–H groups in total. The molecule has 0 aromatic heterocycles. The second-order valence-corrected chi connectivity index (χ2v) is 3.41. The largest absolute Gasteiger partial charge is 0.341 e. The highest BCUT2D eigenvalue weighted by molar-refractivity contribution is 7.80. The Bertz CT molecular complexity index is 144. The number of carbonyl (C=O) groups is 1. The predicted octanol–water partition coefficient (Wildman–Crippen LogP) is 0.128. The van der Waals surface area contributed by atoms with Gasteiger partial charge in [0.25, 0.3) is 0 Å². The number of hydrogen-bond acceptors (Lipinski definition) is 3.